The van der Waals surface area contributed by atoms with Gasteiger partial charge in [0, 0.05) is 32.7 Å². The molecule has 0 aliphatic carbocycles. The van der Waals surface area contributed by atoms with Crippen LogP contribution in [0.5, 0.6) is 11.5 Å². The van der Waals surface area contributed by atoms with Crippen LogP contribution in [-0.2, 0) is 21.5 Å². The zero-order valence-corrected chi connectivity index (χ0v) is 14.4. The van der Waals surface area contributed by atoms with Gasteiger partial charge in [-0.15, -0.1) is 0 Å². The van der Waals surface area contributed by atoms with Gasteiger partial charge in [0.25, 0.3) is 10.1 Å². The van der Waals surface area contributed by atoms with Crippen LogP contribution in [0.15, 0.2) is 18.2 Å². The van der Waals surface area contributed by atoms with E-state index in [-0.39, 0.29) is 0 Å². The minimum atomic E-state index is -3.67. The average molecular weight is 358 g/mol. The van der Waals surface area contributed by atoms with Crippen molar-refractivity contribution in [2.24, 2.45) is 0 Å². The van der Waals surface area contributed by atoms with Crippen molar-refractivity contribution in [3.63, 3.8) is 0 Å². The predicted molar refractivity (Wildman–Crippen MR) is 87.8 cm³/mol. The first kappa shape index (κ1) is 18.7. The molecule has 0 unspecified atom stereocenters. The van der Waals surface area contributed by atoms with Crippen LogP contribution in [0.2, 0.25) is 0 Å². The van der Waals surface area contributed by atoms with E-state index in [0.717, 1.165) is 50.5 Å². The number of carbonyl (C=O) groups is 1. The van der Waals surface area contributed by atoms with Crippen molar-refractivity contribution in [1.29, 1.82) is 0 Å². The molecule has 1 fully saturated rings. The Hall–Kier alpha value is -1.68. The van der Waals surface area contributed by atoms with Gasteiger partial charge in [-0.2, -0.15) is 8.42 Å². The third-order valence-corrected chi connectivity index (χ3v) is 3.64. The van der Waals surface area contributed by atoms with Crippen LogP contribution in [0.3, 0.4) is 0 Å². The summed E-state index contributed by atoms with van der Waals surface area (Å²) in [5.41, 5.74) is 1.24. The molecular formula is C15H22N2O6S. The van der Waals surface area contributed by atoms with Gasteiger partial charge in [0.1, 0.15) is 6.29 Å². The van der Waals surface area contributed by atoms with Crippen molar-refractivity contribution >= 4 is 16.4 Å². The number of piperazine rings is 1. The summed E-state index contributed by atoms with van der Waals surface area (Å²) in [7, 11) is -3.67. The maximum atomic E-state index is 10.5. The lowest BCUT2D eigenvalue weighted by molar-refractivity contribution is -0.109. The summed E-state index contributed by atoms with van der Waals surface area (Å²) < 4.78 is 36.6. The van der Waals surface area contributed by atoms with Gasteiger partial charge in [-0.25, -0.2) is 0 Å². The minimum absolute atomic E-state index is 0.323. The van der Waals surface area contributed by atoms with Gasteiger partial charge in [-0.05, 0) is 17.7 Å². The Morgan fingerprint density at radius 2 is 1.71 bits per heavy atom. The second-order valence-corrected chi connectivity index (χ2v) is 7.13. The highest BCUT2D eigenvalue weighted by Gasteiger charge is 2.18. The molecule has 134 valence electrons. The molecule has 0 bridgehead atoms. The Morgan fingerprint density at radius 3 is 2.33 bits per heavy atom. The number of benzene rings is 1. The maximum absolute atomic E-state index is 10.5. The smallest absolute Gasteiger partial charge is 0.261 e. The van der Waals surface area contributed by atoms with Gasteiger partial charge in [-0.3, -0.25) is 14.4 Å². The van der Waals surface area contributed by atoms with Crippen LogP contribution in [0.25, 0.3) is 0 Å². The number of aldehydes is 1. The number of hydrogen-bond acceptors (Lipinski definition) is 7. The lowest BCUT2D eigenvalue weighted by atomic mass is 10.1. The average Bonchev–Trinajstić information content (AvgIpc) is 2.95. The highest BCUT2D eigenvalue weighted by Crippen LogP contribution is 2.32. The Balaban J connectivity index is 0.000000368. The summed E-state index contributed by atoms with van der Waals surface area (Å²) in [5.74, 6) is 1.68. The number of carbonyl (C=O) groups excluding carboxylic acids is 1. The van der Waals surface area contributed by atoms with Crippen LogP contribution in [0, 0.1) is 0 Å². The molecule has 2 heterocycles. The molecule has 1 aromatic rings. The zero-order valence-electron chi connectivity index (χ0n) is 13.6. The van der Waals surface area contributed by atoms with Gasteiger partial charge in [0.2, 0.25) is 6.79 Å². The van der Waals surface area contributed by atoms with E-state index in [1.54, 1.807) is 0 Å². The number of ether oxygens (including phenoxy) is 2. The first-order chi connectivity index (χ1) is 11.3. The molecule has 0 spiro atoms. The number of fused-ring (bicyclic) bond motifs is 1. The van der Waals surface area contributed by atoms with E-state index < -0.39 is 10.1 Å². The van der Waals surface area contributed by atoms with Gasteiger partial charge in [-0.1, -0.05) is 6.07 Å². The van der Waals surface area contributed by atoms with Crippen LogP contribution < -0.4 is 9.47 Å². The summed E-state index contributed by atoms with van der Waals surface area (Å²) in [5, 5.41) is 0. The zero-order chi connectivity index (χ0) is 17.6. The Kier molecular flexibility index (Phi) is 6.55. The number of rotatable bonds is 4. The predicted octanol–water partition coefficient (Wildman–Crippen LogP) is 0.236. The molecule has 3 rings (SSSR count). The van der Waals surface area contributed by atoms with Gasteiger partial charge in [0.05, 0.1) is 12.8 Å². The van der Waals surface area contributed by atoms with E-state index in [0.29, 0.717) is 19.6 Å². The van der Waals surface area contributed by atoms with Crippen LogP contribution in [-0.4, -0.2) is 74.8 Å². The SMILES string of the molecule is CS(=O)(=O)O.O=CCN1CCN(Cc2ccc3c(c2)OCO3)CC1. The monoisotopic (exact) mass is 358 g/mol. The van der Waals surface area contributed by atoms with Gasteiger partial charge >= 0.3 is 0 Å². The topological polar surface area (TPSA) is 96.4 Å². The Bertz CT molecular complexity index is 648. The van der Waals surface area contributed by atoms with E-state index in [4.69, 9.17) is 14.0 Å². The second-order valence-electron chi connectivity index (χ2n) is 5.66. The normalized spacial score (nSPS) is 17.9. The fourth-order valence-electron chi connectivity index (χ4n) is 2.53. The standard InChI is InChI=1S/C14H18N2O3.CH4O3S/c17-8-7-15-3-5-16(6-4-15)10-12-1-2-13-14(9-12)19-11-18-13;1-5(2,3)4/h1-2,8-9H,3-7,10-11H2;1H3,(H,2,3,4). The summed E-state index contributed by atoms with van der Waals surface area (Å²) in [6.07, 6.45) is 1.69. The Morgan fingerprint density at radius 1 is 1.12 bits per heavy atom. The van der Waals surface area contributed by atoms with E-state index in [2.05, 4.69) is 21.9 Å². The highest BCUT2D eigenvalue weighted by atomic mass is 32.2. The molecule has 1 saturated heterocycles. The van der Waals surface area contributed by atoms with E-state index in [1.807, 2.05) is 6.07 Å². The highest BCUT2D eigenvalue weighted by molar-refractivity contribution is 7.85. The third kappa shape index (κ3) is 6.44. The summed E-state index contributed by atoms with van der Waals surface area (Å²) in [6, 6.07) is 6.12. The van der Waals surface area contributed by atoms with Crippen LogP contribution in [0.4, 0.5) is 0 Å². The van der Waals surface area contributed by atoms with Crippen molar-refractivity contribution in [2.45, 2.75) is 6.54 Å². The van der Waals surface area contributed by atoms with Gasteiger partial charge < -0.3 is 14.3 Å². The van der Waals surface area contributed by atoms with E-state index >= 15 is 0 Å². The molecule has 0 aromatic heterocycles. The molecule has 0 radical (unpaired) electrons. The van der Waals surface area contributed by atoms with E-state index in [1.165, 1.54) is 5.56 Å². The number of nitrogens with zero attached hydrogens (tertiary/aromatic N) is 2. The molecule has 2 aliphatic rings. The molecule has 8 nitrogen and oxygen atoms in total. The lowest BCUT2D eigenvalue weighted by Crippen LogP contribution is -2.46. The molecule has 0 atom stereocenters. The van der Waals surface area contributed by atoms with Crippen molar-refractivity contribution in [2.75, 3.05) is 45.8 Å². The summed E-state index contributed by atoms with van der Waals surface area (Å²) in [4.78, 5) is 15.1. The largest absolute Gasteiger partial charge is 0.454 e. The van der Waals surface area contributed by atoms with Crippen LogP contribution >= 0.6 is 0 Å². The molecule has 1 aromatic carbocycles. The van der Waals surface area contributed by atoms with Crippen molar-refractivity contribution in [1.82, 2.24) is 9.80 Å². The first-order valence-corrected chi connectivity index (χ1v) is 9.39. The first-order valence-electron chi connectivity index (χ1n) is 7.54. The molecular weight excluding hydrogens is 336 g/mol. The second kappa shape index (κ2) is 8.43. The molecule has 2 aliphatic heterocycles. The van der Waals surface area contributed by atoms with E-state index in [9.17, 15) is 13.2 Å². The minimum Gasteiger partial charge on any atom is -0.454 e. The maximum Gasteiger partial charge on any atom is 0.261 e. The fourth-order valence-corrected chi connectivity index (χ4v) is 2.53. The molecule has 9 heteroatoms. The van der Waals surface area contributed by atoms with Crippen molar-refractivity contribution in [3.05, 3.63) is 23.8 Å². The quantitative estimate of drug-likeness (QED) is 0.604. The number of hydrogen-bond donors (Lipinski definition) is 1. The molecule has 24 heavy (non-hydrogen) atoms. The van der Waals surface area contributed by atoms with Gasteiger partial charge in [0.15, 0.2) is 11.5 Å². The molecule has 1 N–H and O–H groups in total. The Labute approximate surface area is 141 Å². The summed E-state index contributed by atoms with van der Waals surface area (Å²) in [6.45, 7) is 5.73. The summed E-state index contributed by atoms with van der Waals surface area (Å²) >= 11 is 0. The van der Waals surface area contributed by atoms with Crippen molar-refractivity contribution < 1.29 is 27.2 Å². The van der Waals surface area contributed by atoms with Crippen LogP contribution in [0.1, 0.15) is 5.56 Å². The lowest BCUT2D eigenvalue weighted by Gasteiger charge is -2.33. The molecule has 0 saturated carbocycles. The van der Waals surface area contributed by atoms with Crippen molar-refractivity contribution in [3.8, 4) is 11.5 Å². The third-order valence-electron chi connectivity index (χ3n) is 3.64. The fraction of sp³-hybridized carbons (Fsp3) is 0.533. The molecule has 0 amide bonds.